The van der Waals surface area contributed by atoms with Crippen LogP contribution in [0.5, 0.6) is 0 Å². The van der Waals surface area contributed by atoms with Crippen LogP contribution in [0.1, 0.15) is 43.9 Å². The molecule has 1 aromatic carbocycles. The van der Waals surface area contributed by atoms with Crippen LogP contribution >= 0.6 is 0 Å². The van der Waals surface area contributed by atoms with Gasteiger partial charge in [0.05, 0.1) is 12.6 Å². The van der Waals surface area contributed by atoms with E-state index in [2.05, 4.69) is 5.32 Å². The van der Waals surface area contributed by atoms with Gasteiger partial charge in [-0.3, -0.25) is 0 Å². The quantitative estimate of drug-likeness (QED) is 0.740. The summed E-state index contributed by atoms with van der Waals surface area (Å²) in [6.07, 6.45) is 0.575. The zero-order chi connectivity index (χ0) is 14.5. The second-order valence-corrected chi connectivity index (χ2v) is 5.36. The molecule has 0 aromatic heterocycles. The molecule has 0 fully saturated rings. The summed E-state index contributed by atoms with van der Waals surface area (Å²) in [5, 5.41) is 21.3. The van der Waals surface area contributed by atoms with Gasteiger partial charge in [0, 0.05) is 5.41 Å². The highest BCUT2D eigenvalue weighted by molar-refractivity contribution is 5.65. The summed E-state index contributed by atoms with van der Waals surface area (Å²) in [4.78, 5) is 11.0. The predicted molar refractivity (Wildman–Crippen MR) is 75.2 cm³/mol. The normalized spacial score (nSPS) is 15.6. The number of aliphatic hydroxyl groups is 1. The Balaban J connectivity index is 3.16. The minimum Gasteiger partial charge on any atom is -0.465 e. The molecule has 106 valence electrons. The lowest BCUT2D eigenvalue weighted by molar-refractivity contribution is 0.0853. The first-order valence-electron chi connectivity index (χ1n) is 6.60. The molecule has 0 aliphatic rings. The smallest absolute Gasteiger partial charge is 0.405 e. The lowest BCUT2D eigenvalue weighted by Crippen LogP contribution is -2.41. The van der Waals surface area contributed by atoms with Gasteiger partial charge in [-0.1, -0.05) is 50.1 Å². The van der Waals surface area contributed by atoms with Gasteiger partial charge in [-0.2, -0.15) is 0 Å². The van der Waals surface area contributed by atoms with Crippen molar-refractivity contribution in [3.8, 4) is 0 Å². The SMILES string of the molecule is CCCC(C)(CO)C(NC(=O)O)c1cccc(C)c1. The fraction of sp³-hybridized carbons (Fsp3) is 0.533. The Labute approximate surface area is 114 Å². The predicted octanol–water partition coefficient (Wildman–Crippen LogP) is 3.10. The van der Waals surface area contributed by atoms with Crippen molar-refractivity contribution in [2.45, 2.75) is 39.7 Å². The summed E-state index contributed by atoms with van der Waals surface area (Å²) in [5.41, 5.74) is 1.47. The van der Waals surface area contributed by atoms with Crippen molar-refractivity contribution in [3.63, 3.8) is 0 Å². The molecule has 4 nitrogen and oxygen atoms in total. The summed E-state index contributed by atoms with van der Waals surface area (Å²) in [5.74, 6) is 0. The van der Waals surface area contributed by atoms with Gasteiger partial charge in [0.2, 0.25) is 0 Å². The molecular weight excluding hydrogens is 242 g/mol. The van der Waals surface area contributed by atoms with E-state index in [9.17, 15) is 9.90 Å². The van der Waals surface area contributed by atoms with Crippen molar-refractivity contribution in [3.05, 3.63) is 35.4 Å². The maximum Gasteiger partial charge on any atom is 0.405 e. The zero-order valence-electron chi connectivity index (χ0n) is 11.8. The highest BCUT2D eigenvalue weighted by Gasteiger charge is 2.35. The highest BCUT2D eigenvalue weighted by atomic mass is 16.4. The Morgan fingerprint density at radius 3 is 2.63 bits per heavy atom. The summed E-state index contributed by atoms with van der Waals surface area (Å²) in [7, 11) is 0. The summed E-state index contributed by atoms with van der Waals surface area (Å²) in [6.45, 7) is 5.86. The monoisotopic (exact) mass is 265 g/mol. The molecule has 0 saturated carbocycles. The number of rotatable bonds is 6. The molecule has 1 rings (SSSR count). The maximum atomic E-state index is 11.0. The van der Waals surface area contributed by atoms with E-state index in [4.69, 9.17) is 5.11 Å². The van der Waals surface area contributed by atoms with Crippen LogP contribution in [0, 0.1) is 12.3 Å². The second kappa shape index (κ2) is 6.57. The molecule has 0 saturated heterocycles. The van der Waals surface area contributed by atoms with E-state index in [1.54, 1.807) is 0 Å². The van der Waals surface area contributed by atoms with E-state index in [1.165, 1.54) is 0 Å². The minimum absolute atomic E-state index is 0.0558. The number of carboxylic acid groups (broad SMARTS) is 1. The van der Waals surface area contributed by atoms with Gasteiger partial charge in [0.1, 0.15) is 0 Å². The zero-order valence-corrected chi connectivity index (χ0v) is 11.8. The number of nitrogens with one attached hydrogen (secondary N) is 1. The fourth-order valence-corrected chi connectivity index (χ4v) is 2.52. The first-order valence-corrected chi connectivity index (χ1v) is 6.60. The molecule has 0 aliphatic carbocycles. The number of amides is 1. The molecule has 4 heteroatoms. The molecule has 1 amide bonds. The van der Waals surface area contributed by atoms with Gasteiger partial charge in [-0.15, -0.1) is 0 Å². The van der Waals surface area contributed by atoms with Gasteiger partial charge >= 0.3 is 6.09 Å². The number of aliphatic hydroxyl groups excluding tert-OH is 1. The molecule has 0 radical (unpaired) electrons. The Hall–Kier alpha value is -1.55. The summed E-state index contributed by atoms with van der Waals surface area (Å²) >= 11 is 0. The van der Waals surface area contributed by atoms with Crippen molar-refractivity contribution in [2.24, 2.45) is 5.41 Å². The van der Waals surface area contributed by atoms with E-state index in [0.29, 0.717) is 0 Å². The van der Waals surface area contributed by atoms with Crippen molar-refractivity contribution >= 4 is 6.09 Å². The van der Waals surface area contributed by atoms with Crippen LogP contribution in [0.15, 0.2) is 24.3 Å². The molecule has 0 heterocycles. The number of hydrogen-bond donors (Lipinski definition) is 3. The van der Waals surface area contributed by atoms with E-state index in [-0.39, 0.29) is 6.61 Å². The minimum atomic E-state index is -1.07. The fourth-order valence-electron chi connectivity index (χ4n) is 2.52. The number of hydrogen-bond acceptors (Lipinski definition) is 2. The van der Waals surface area contributed by atoms with Crippen LogP contribution in [0.2, 0.25) is 0 Å². The van der Waals surface area contributed by atoms with E-state index < -0.39 is 17.6 Å². The Morgan fingerprint density at radius 1 is 1.47 bits per heavy atom. The average molecular weight is 265 g/mol. The molecular formula is C15H23NO3. The maximum absolute atomic E-state index is 11.0. The van der Waals surface area contributed by atoms with Crippen molar-refractivity contribution in [2.75, 3.05) is 6.61 Å². The molecule has 2 atom stereocenters. The Morgan fingerprint density at radius 2 is 2.16 bits per heavy atom. The molecule has 0 bridgehead atoms. The average Bonchev–Trinajstić information content (AvgIpc) is 2.36. The first kappa shape index (κ1) is 15.5. The number of aryl methyl sites for hydroxylation is 1. The third kappa shape index (κ3) is 3.96. The van der Waals surface area contributed by atoms with Gasteiger partial charge in [0.25, 0.3) is 0 Å². The van der Waals surface area contributed by atoms with Crippen LogP contribution in [0.4, 0.5) is 4.79 Å². The highest BCUT2D eigenvalue weighted by Crippen LogP contribution is 2.37. The second-order valence-electron chi connectivity index (χ2n) is 5.36. The summed E-state index contributed by atoms with van der Waals surface area (Å²) < 4.78 is 0. The third-order valence-electron chi connectivity index (χ3n) is 3.52. The van der Waals surface area contributed by atoms with E-state index >= 15 is 0 Å². The van der Waals surface area contributed by atoms with Crippen molar-refractivity contribution in [1.82, 2.24) is 5.32 Å². The Bertz CT molecular complexity index is 433. The first-order chi connectivity index (χ1) is 8.92. The van der Waals surface area contributed by atoms with Crippen LogP contribution < -0.4 is 5.32 Å². The lowest BCUT2D eigenvalue weighted by Gasteiger charge is -2.36. The molecule has 1 aromatic rings. The van der Waals surface area contributed by atoms with Crippen molar-refractivity contribution < 1.29 is 15.0 Å². The van der Waals surface area contributed by atoms with Gasteiger partial charge in [-0.25, -0.2) is 4.79 Å². The van der Waals surface area contributed by atoms with Crippen LogP contribution in [-0.2, 0) is 0 Å². The number of carbonyl (C=O) groups is 1. The largest absolute Gasteiger partial charge is 0.465 e. The molecule has 0 aliphatic heterocycles. The van der Waals surface area contributed by atoms with Crippen LogP contribution in [0.25, 0.3) is 0 Å². The van der Waals surface area contributed by atoms with Gasteiger partial charge < -0.3 is 15.5 Å². The molecule has 2 unspecified atom stereocenters. The van der Waals surface area contributed by atoms with Crippen LogP contribution in [-0.4, -0.2) is 22.9 Å². The van der Waals surface area contributed by atoms with E-state index in [0.717, 1.165) is 24.0 Å². The molecule has 0 spiro atoms. The Kier molecular flexibility index (Phi) is 5.36. The van der Waals surface area contributed by atoms with Gasteiger partial charge in [-0.05, 0) is 18.9 Å². The third-order valence-corrected chi connectivity index (χ3v) is 3.52. The topological polar surface area (TPSA) is 69.6 Å². The lowest BCUT2D eigenvalue weighted by atomic mass is 9.75. The molecule has 19 heavy (non-hydrogen) atoms. The van der Waals surface area contributed by atoms with E-state index in [1.807, 2.05) is 45.0 Å². The van der Waals surface area contributed by atoms with Gasteiger partial charge in [0.15, 0.2) is 0 Å². The molecule has 3 N–H and O–H groups in total. The summed E-state index contributed by atoms with van der Waals surface area (Å²) in [6, 6.07) is 7.33. The standard InChI is InChI=1S/C15H23NO3/c1-4-8-15(3,10-17)13(16-14(18)19)12-7-5-6-11(2)9-12/h5-7,9,13,16-17H,4,8,10H2,1-3H3,(H,18,19). The van der Waals surface area contributed by atoms with Crippen molar-refractivity contribution in [1.29, 1.82) is 0 Å². The van der Waals surface area contributed by atoms with Crippen LogP contribution in [0.3, 0.4) is 0 Å². The number of benzene rings is 1.